The minimum atomic E-state index is 0.635. The van der Waals surface area contributed by atoms with Crippen molar-refractivity contribution >= 4 is 33.4 Å². The highest BCUT2D eigenvalue weighted by Crippen LogP contribution is 2.30. The first-order valence-electron chi connectivity index (χ1n) is 5.37. The second-order valence-electron chi connectivity index (χ2n) is 3.64. The number of hydrogen-bond donors (Lipinski definition) is 1. The monoisotopic (exact) mass is 324 g/mol. The summed E-state index contributed by atoms with van der Waals surface area (Å²) in [7, 11) is 1.62. The maximum absolute atomic E-state index is 5.92. The molecule has 0 aliphatic heterocycles. The van der Waals surface area contributed by atoms with Crippen molar-refractivity contribution in [1.29, 1.82) is 0 Å². The molecule has 0 saturated heterocycles. The van der Waals surface area contributed by atoms with Crippen LogP contribution >= 0.6 is 27.7 Å². The van der Waals surface area contributed by atoms with Crippen molar-refractivity contribution in [2.24, 2.45) is 0 Å². The van der Waals surface area contributed by atoms with Crippen LogP contribution in [0.15, 0.2) is 45.8 Å². The van der Waals surface area contributed by atoms with Gasteiger partial charge in [-0.2, -0.15) is 0 Å². The molecule has 2 N–H and O–H groups in total. The van der Waals surface area contributed by atoms with E-state index in [1.807, 2.05) is 36.4 Å². The van der Waals surface area contributed by atoms with Crippen molar-refractivity contribution < 1.29 is 4.74 Å². The topological polar surface area (TPSA) is 48.1 Å². The van der Waals surface area contributed by atoms with E-state index in [1.54, 1.807) is 18.9 Å². The summed E-state index contributed by atoms with van der Waals surface area (Å²) in [6, 6.07) is 11.6. The van der Waals surface area contributed by atoms with E-state index < -0.39 is 0 Å². The van der Waals surface area contributed by atoms with Gasteiger partial charge in [-0.25, -0.2) is 4.98 Å². The van der Waals surface area contributed by atoms with Gasteiger partial charge in [0.25, 0.3) is 0 Å². The molecule has 1 aromatic carbocycles. The first-order valence-corrected chi connectivity index (χ1v) is 7.14. The Balaban J connectivity index is 2.08. The molecule has 0 aliphatic rings. The zero-order valence-corrected chi connectivity index (χ0v) is 12.3. The fraction of sp³-hybridized carbons (Fsp3) is 0.154. The SMILES string of the molecule is COc1cccc(CSc2cc(Br)ccc2N)n1. The Hall–Kier alpha value is -1.20. The third kappa shape index (κ3) is 3.40. The number of aromatic nitrogens is 1. The van der Waals surface area contributed by atoms with Crippen LogP contribution < -0.4 is 10.5 Å². The smallest absolute Gasteiger partial charge is 0.213 e. The van der Waals surface area contributed by atoms with E-state index in [1.165, 1.54) is 0 Å². The zero-order chi connectivity index (χ0) is 13.0. The predicted octanol–water partition coefficient (Wildman–Crippen LogP) is 3.73. The van der Waals surface area contributed by atoms with Gasteiger partial charge >= 0.3 is 0 Å². The van der Waals surface area contributed by atoms with Crippen molar-refractivity contribution in [2.75, 3.05) is 12.8 Å². The molecule has 0 saturated carbocycles. The lowest BCUT2D eigenvalue weighted by Crippen LogP contribution is -1.93. The molecule has 1 heterocycles. The molecular weight excluding hydrogens is 312 g/mol. The van der Waals surface area contributed by atoms with Gasteiger partial charge in [-0.15, -0.1) is 11.8 Å². The number of halogens is 1. The van der Waals surface area contributed by atoms with E-state index in [-0.39, 0.29) is 0 Å². The molecule has 5 heteroatoms. The van der Waals surface area contributed by atoms with Gasteiger partial charge in [-0.3, -0.25) is 0 Å². The molecule has 3 nitrogen and oxygen atoms in total. The summed E-state index contributed by atoms with van der Waals surface area (Å²) in [5, 5.41) is 0. The van der Waals surface area contributed by atoms with Gasteiger partial charge in [0, 0.05) is 26.9 Å². The van der Waals surface area contributed by atoms with Crippen LogP contribution in [0.4, 0.5) is 5.69 Å². The molecule has 0 aliphatic carbocycles. The lowest BCUT2D eigenvalue weighted by atomic mass is 10.3. The van der Waals surface area contributed by atoms with Crippen LogP contribution in [0.2, 0.25) is 0 Å². The summed E-state index contributed by atoms with van der Waals surface area (Å²) in [4.78, 5) is 5.41. The van der Waals surface area contributed by atoms with Crippen LogP contribution in [0.5, 0.6) is 5.88 Å². The number of hydrogen-bond acceptors (Lipinski definition) is 4. The second-order valence-corrected chi connectivity index (χ2v) is 5.57. The number of thioether (sulfide) groups is 1. The van der Waals surface area contributed by atoms with Crippen molar-refractivity contribution in [3.8, 4) is 5.88 Å². The van der Waals surface area contributed by atoms with Crippen LogP contribution in [-0.2, 0) is 5.75 Å². The first kappa shape index (κ1) is 13.2. The van der Waals surface area contributed by atoms with E-state index in [0.717, 1.165) is 26.5 Å². The molecule has 2 aromatic rings. The van der Waals surface area contributed by atoms with E-state index in [0.29, 0.717) is 5.88 Å². The third-order valence-electron chi connectivity index (χ3n) is 2.34. The largest absolute Gasteiger partial charge is 0.481 e. The van der Waals surface area contributed by atoms with E-state index in [9.17, 15) is 0 Å². The molecule has 0 fully saturated rings. The number of nitrogen functional groups attached to an aromatic ring is 1. The van der Waals surface area contributed by atoms with Crippen LogP contribution in [0.1, 0.15) is 5.69 Å². The van der Waals surface area contributed by atoms with Crippen LogP contribution in [-0.4, -0.2) is 12.1 Å². The molecule has 2 rings (SSSR count). The molecule has 0 amide bonds. The Morgan fingerprint density at radius 3 is 2.94 bits per heavy atom. The number of anilines is 1. The Morgan fingerprint density at radius 2 is 2.17 bits per heavy atom. The zero-order valence-electron chi connectivity index (χ0n) is 9.89. The lowest BCUT2D eigenvalue weighted by molar-refractivity contribution is 0.397. The Morgan fingerprint density at radius 1 is 1.33 bits per heavy atom. The number of methoxy groups -OCH3 is 1. The van der Waals surface area contributed by atoms with Gasteiger partial charge in [0.1, 0.15) is 0 Å². The van der Waals surface area contributed by atoms with Crippen molar-refractivity contribution in [3.05, 3.63) is 46.6 Å². The van der Waals surface area contributed by atoms with Crippen LogP contribution in [0.25, 0.3) is 0 Å². The molecule has 1 aromatic heterocycles. The van der Waals surface area contributed by atoms with E-state index in [4.69, 9.17) is 10.5 Å². The summed E-state index contributed by atoms with van der Waals surface area (Å²) in [5.41, 5.74) is 7.68. The average Bonchev–Trinajstić information content (AvgIpc) is 2.40. The third-order valence-corrected chi connectivity index (χ3v) is 3.94. The highest BCUT2D eigenvalue weighted by atomic mass is 79.9. The number of benzene rings is 1. The number of rotatable bonds is 4. The highest BCUT2D eigenvalue weighted by molar-refractivity contribution is 9.10. The Bertz CT molecular complexity index is 548. The summed E-state index contributed by atoms with van der Waals surface area (Å²) in [6.07, 6.45) is 0. The number of ether oxygens (including phenoxy) is 1. The van der Waals surface area contributed by atoms with E-state index in [2.05, 4.69) is 20.9 Å². The maximum atomic E-state index is 5.92. The number of pyridine rings is 1. The fourth-order valence-electron chi connectivity index (χ4n) is 1.44. The first-order chi connectivity index (χ1) is 8.69. The molecular formula is C13H13BrN2OS. The van der Waals surface area contributed by atoms with Crippen LogP contribution in [0, 0.1) is 0 Å². The van der Waals surface area contributed by atoms with E-state index >= 15 is 0 Å². The quantitative estimate of drug-likeness (QED) is 0.687. The molecule has 18 heavy (non-hydrogen) atoms. The summed E-state index contributed by atoms with van der Waals surface area (Å²) in [6.45, 7) is 0. The number of nitrogens with two attached hydrogens (primary N) is 1. The maximum Gasteiger partial charge on any atom is 0.213 e. The molecule has 0 atom stereocenters. The summed E-state index contributed by atoms with van der Waals surface area (Å²) < 4.78 is 6.12. The standard InChI is InChI=1S/C13H13BrN2OS/c1-17-13-4-2-3-10(16-13)8-18-12-7-9(14)5-6-11(12)15/h2-7H,8,15H2,1H3. The van der Waals surface area contributed by atoms with Crippen molar-refractivity contribution in [2.45, 2.75) is 10.6 Å². The minimum Gasteiger partial charge on any atom is -0.481 e. The van der Waals surface area contributed by atoms with Gasteiger partial charge in [-0.05, 0) is 24.3 Å². The van der Waals surface area contributed by atoms with Gasteiger partial charge < -0.3 is 10.5 Å². The summed E-state index contributed by atoms with van der Waals surface area (Å²) in [5.74, 6) is 1.40. The summed E-state index contributed by atoms with van der Waals surface area (Å²) >= 11 is 5.10. The van der Waals surface area contributed by atoms with Crippen molar-refractivity contribution in [1.82, 2.24) is 4.98 Å². The molecule has 94 valence electrons. The van der Waals surface area contributed by atoms with Crippen molar-refractivity contribution in [3.63, 3.8) is 0 Å². The molecule has 0 spiro atoms. The normalized spacial score (nSPS) is 10.3. The molecule has 0 bridgehead atoms. The molecule has 0 unspecified atom stereocenters. The average molecular weight is 325 g/mol. The van der Waals surface area contributed by atoms with Crippen LogP contribution in [0.3, 0.4) is 0 Å². The Kier molecular flexibility index (Phi) is 4.49. The lowest BCUT2D eigenvalue weighted by Gasteiger charge is -2.06. The fourth-order valence-corrected chi connectivity index (χ4v) is 2.86. The second kappa shape index (κ2) is 6.11. The molecule has 0 radical (unpaired) electrons. The Labute approximate surface area is 119 Å². The number of nitrogens with zero attached hydrogens (tertiary/aromatic N) is 1. The van der Waals surface area contributed by atoms with Gasteiger partial charge in [0.15, 0.2) is 0 Å². The highest BCUT2D eigenvalue weighted by Gasteiger charge is 2.03. The minimum absolute atomic E-state index is 0.635. The van der Waals surface area contributed by atoms with Gasteiger partial charge in [-0.1, -0.05) is 22.0 Å². The van der Waals surface area contributed by atoms with Gasteiger partial charge in [0.2, 0.25) is 5.88 Å². The van der Waals surface area contributed by atoms with Gasteiger partial charge in [0.05, 0.1) is 12.8 Å². The predicted molar refractivity (Wildman–Crippen MR) is 78.9 cm³/mol.